The lowest BCUT2D eigenvalue weighted by atomic mass is 9.34. The Morgan fingerprint density at radius 1 is 0.566 bits per heavy atom. The summed E-state index contributed by atoms with van der Waals surface area (Å²) in [6.45, 7) is 4.27. The van der Waals surface area contributed by atoms with Crippen molar-refractivity contribution < 1.29 is 9.47 Å². The average molecular weight is 685 g/mol. The molecule has 0 spiro atoms. The molecule has 1 aliphatic carbocycles. The molecule has 0 atom stereocenters. The molecule has 53 heavy (non-hydrogen) atoms. The Morgan fingerprint density at radius 3 is 2.02 bits per heavy atom. The molecule has 8 aromatic rings. The molecular weight excluding hydrogens is 647 g/mol. The van der Waals surface area contributed by atoms with Crippen molar-refractivity contribution in [1.29, 1.82) is 0 Å². The van der Waals surface area contributed by atoms with E-state index < -0.39 is 0 Å². The molecule has 11 rings (SSSR count). The van der Waals surface area contributed by atoms with Crippen molar-refractivity contribution in [3.05, 3.63) is 156 Å². The molecule has 0 amide bonds. The van der Waals surface area contributed by atoms with Gasteiger partial charge in [0.1, 0.15) is 23.0 Å². The Balaban J connectivity index is 1.12. The van der Waals surface area contributed by atoms with Gasteiger partial charge in [0, 0.05) is 52.3 Å². The summed E-state index contributed by atoms with van der Waals surface area (Å²) in [5.41, 5.74) is 17.0. The Bertz CT molecular complexity index is 2780. The minimum absolute atomic E-state index is 0.0208. The third-order valence-corrected chi connectivity index (χ3v) is 11.8. The van der Waals surface area contributed by atoms with Gasteiger partial charge in [-0.2, -0.15) is 0 Å². The molecule has 1 aromatic heterocycles. The molecule has 0 saturated heterocycles. The second-order valence-corrected chi connectivity index (χ2v) is 15.0. The second-order valence-electron chi connectivity index (χ2n) is 15.0. The summed E-state index contributed by atoms with van der Waals surface area (Å²) in [6, 6.07) is 48.4. The molecule has 0 unspecified atom stereocenters. The summed E-state index contributed by atoms with van der Waals surface area (Å²) in [5, 5.41) is 2.55. The van der Waals surface area contributed by atoms with E-state index in [2.05, 4.69) is 164 Å². The summed E-state index contributed by atoms with van der Waals surface area (Å²) >= 11 is 0. The average Bonchev–Trinajstić information content (AvgIpc) is 3.77. The minimum Gasteiger partial charge on any atom is -0.458 e. The number of ether oxygens (including phenoxy) is 2. The van der Waals surface area contributed by atoms with Crippen LogP contribution in [0, 0.1) is 13.8 Å². The van der Waals surface area contributed by atoms with Gasteiger partial charge in [0.2, 0.25) is 0 Å². The molecule has 0 saturated carbocycles. The van der Waals surface area contributed by atoms with Gasteiger partial charge in [0.05, 0.1) is 11.2 Å². The van der Waals surface area contributed by atoms with Gasteiger partial charge in [-0.3, -0.25) is 0 Å². The van der Waals surface area contributed by atoms with Crippen molar-refractivity contribution in [1.82, 2.24) is 4.57 Å². The van der Waals surface area contributed by atoms with Crippen molar-refractivity contribution in [2.45, 2.75) is 33.1 Å². The zero-order valence-corrected chi connectivity index (χ0v) is 30.1. The SMILES string of the molecule is Cc1ccc(N(c2ccc(-c3ccccc3)cc2)c2cc3c4c(c2)Oc2cc5c6ccc7c(c6n(C)c5cc2B4c2cc(C)ccc2O3)CCC7)cc1. The van der Waals surface area contributed by atoms with Crippen LogP contribution in [0.4, 0.5) is 17.1 Å². The van der Waals surface area contributed by atoms with Crippen molar-refractivity contribution in [3.63, 3.8) is 0 Å². The maximum absolute atomic E-state index is 7.07. The van der Waals surface area contributed by atoms with Gasteiger partial charge in [-0.15, -0.1) is 0 Å². The topological polar surface area (TPSA) is 26.6 Å². The number of hydrogen-bond donors (Lipinski definition) is 0. The lowest BCUT2D eigenvalue weighted by molar-refractivity contribution is 0.465. The van der Waals surface area contributed by atoms with Gasteiger partial charge in [-0.25, -0.2) is 0 Å². The monoisotopic (exact) mass is 684 g/mol. The van der Waals surface area contributed by atoms with E-state index in [9.17, 15) is 0 Å². The van der Waals surface area contributed by atoms with Crippen LogP contribution in [0.15, 0.2) is 133 Å². The van der Waals surface area contributed by atoms with E-state index in [0.29, 0.717) is 0 Å². The van der Waals surface area contributed by atoms with E-state index >= 15 is 0 Å². The number of aryl methyl sites for hydroxylation is 5. The molecule has 0 bridgehead atoms. The fourth-order valence-electron chi connectivity index (χ4n) is 9.21. The highest BCUT2D eigenvalue weighted by atomic mass is 16.5. The molecule has 254 valence electrons. The third kappa shape index (κ3) is 4.63. The Labute approximate surface area is 309 Å². The molecular formula is C48H37BN2O2. The highest BCUT2D eigenvalue weighted by Crippen LogP contribution is 2.44. The molecule has 0 N–H and O–H groups in total. The van der Waals surface area contributed by atoms with E-state index in [1.54, 1.807) is 0 Å². The van der Waals surface area contributed by atoms with E-state index in [-0.39, 0.29) is 6.71 Å². The highest BCUT2D eigenvalue weighted by Gasteiger charge is 2.41. The standard InChI is InChI=1S/C48H37BN2O2/c1-29-12-18-34(19-13-29)51(35-20-15-32(16-21-35)31-8-5-4-6-9-31)36-25-45-47-46(26-36)53-44-27-39-38-22-17-33-10-7-11-37(33)48(38)50(3)42(39)28-41(44)49(47)40-24-30(2)14-23-43(40)52-45/h4-6,8-9,12-28H,7,10-11H2,1-3H3. The summed E-state index contributed by atoms with van der Waals surface area (Å²) in [5.74, 6) is 3.47. The highest BCUT2D eigenvalue weighted by molar-refractivity contribution is 6.98. The molecule has 0 fully saturated rings. The number of hydrogen-bond acceptors (Lipinski definition) is 3. The third-order valence-electron chi connectivity index (χ3n) is 11.8. The first-order chi connectivity index (χ1) is 26.0. The molecule has 0 radical (unpaired) electrons. The normalized spacial score (nSPS) is 13.6. The molecule has 5 heteroatoms. The smallest absolute Gasteiger partial charge is 0.260 e. The number of nitrogens with zero attached hydrogens (tertiary/aromatic N) is 2. The van der Waals surface area contributed by atoms with Gasteiger partial charge in [-0.1, -0.05) is 90.0 Å². The number of benzene rings is 7. The van der Waals surface area contributed by atoms with Crippen LogP contribution in [0.1, 0.15) is 28.7 Å². The number of fused-ring (bicyclic) bond motifs is 9. The fraction of sp³-hybridized carbons (Fsp3) is 0.125. The summed E-state index contributed by atoms with van der Waals surface area (Å²) < 4.78 is 16.3. The Kier molecular flexibility index (Phi) is 6.55. The number of rotatable bonds is 4. The predicted octanol–water partition coefficient (Wildman–Crippen LogP) is 10.3. The lowest BCUT2D eigenvalue weighted by Crippen LogP contribution is -2.57. The zero-order valence-electron chi connectivity index (χ0n) is 30.1. The van der Waals surface area contributed by atoms with E-state index in [4.69, 9.17) is 9.47 Å². The Morgan fingerprint density at radius 2 is 1.25 bits per heavy atom. The van der Waals surface area contributed by atoms with Crippen LogP contribution in [-0.2, 0) is 19.9 Å². The van der Waals surface area contributed by atoms with E-state index in [1.165, 1.54) is 79.0 Å². The van der Waals surface area contributed by atoms with Gasteiger partial charge in [-0.05, 0) is 109 Å². The number of aromatic nitrogens is 1. The van der Waals surface area contributed by atoms with Crippen LogP contribution in [-0.4, -0.2) is 11.3 Å². The first-order valence-corrected chi connectivity index (χ1v) is 18.7. The first-order valence-electron chi connectivity index (χ1n) is 18.7. The maximum atomic E-state index is 7.07. The summed E-state index contributed by atoms with van der Waals surface area (Å²) in [6.07, 6.45) is 3.54. The number of anilines is 3. The Hall–Kier alpha value is -6.20. The van der Waals surface area contributed by atoms with E-state index in [0.717, 1.165) is 51.9 Å². The van der Waals surface area contributed by atoms with Gasteiger partial charge in [0.15, 0.2) is 0 Å². The van der Waals surface area contributed by atoms with Gasteiger partial charge in [0.25, 0.3) is 6.71 Å². The fourth-order valence-corrected chi connectivity index (χ4v) is 9.21. The van der Waals surface area contributed by atoms with Crippen molar-refractivity contribution in [3.8, 4) is 34.1 Å². The van der Waals surface area contributed by atoms with Crippen LogP contribution in [0.2, 0.25) is 0 Å². The van der Waals surface area contributed by atoms with Crippen LogP contribution in [0.5, 0.6) is 23.0 Å². The lowest BCUT2D eigenvalue weighted by Gasteiger charge is -2.35. The van der Waals surface area contributed by atoms with Crippen molar-refractivity contribution in [2.24, 2.45) is 7.05 Å². The van der Waals surface area contributed by atoms with Crippen LogP contribution in [0.3, 0.4) is 0 Å². The second kappa shape index (κ2) is 11.4. The maximum Gasteiger partial charge on any atom is 0.260 e. The van der Waals surface area contributed by atoms with Crippen LogP contribution < -0.4 is 30.8 Å². The quantitative estimate of drug-likeness (QED) is 0.173. The van der Waals surface area contributed by atoms with Crippen LogP contribution in [0.25, 0.3) is 32.9 Å². The van der Waals surface area contributed by atoms with E-state index in [1.807, 2.05) is 0 Å². The largest absolute Gasteiger partial charge is 0.458 e. The van der Waals surface area contributed by atoms with Crippen molar-refractivity contribution in [2.75, 3.05) is 4.90 Å². The molecule has 7 aromatic carbocycles. The predicted molar refractivity (Wildman–Crippen MR) is 220 cm³/mol. The van der Waals surface area contributed by atoms with Crippen LogP contribution >= 0.6 is 0 Å². The molecule has 3 heterocycles. The minimum atomic E-state index is -0.0208. The summed E-state index contributed by atoms with van der Waals surface area (Å²) in [7, 11) is 2.24. The zero-order chi connectivity index (χ0) is 35.4. The molecule has 3 aliphatic rings. The van der Waals surface area contributed by atoms with Gasteiger partial charge >= 0.3 is 0 Å². The molecule has 2 aliphatic heterocycles. The summed E-state index contributed by atoms with van der Waals surface area (Å²) in [4.78, 5) is 2.31. The first kappa shape index (κ1) is 30.4. The molecule has 4 nitrogen and oxygen atoms in total. The van der Waals surface area contributed by atoms with Crippen molar-refractivity contribution >= 4 is 62.0 Å². The van der Waals surface area contributed by atoms with Gasteiger partial charge < -0.3 is 18.9 Å².